The van der Waals surface area contributed by atoms with Gasteiger partial charge < -0.3 is 20.1 Å². The zero-order chi connectivity index (χ0) is 24.0. The van der Waals surface area contributed by atoms with Crippen LogP contribution in [-0.2, 0) is 19.1 Å². The highest BCUT2D eigenvalue weighted by Gasteiger charge is 2.60. The first-order chi connectivity index (χ1) is 13.9. The SMILES string of the molecule is CC.CC.CC(=O)O.CC1OCCC2=C1C(=O)C1C(C2=O)C(O)C(C)C(C)(C)C1O. The lowest BCUT2D eigenvalue weighted by Crippen LogP contribution is -2.62. The minimum Gasteiger partial charge on any atom is -0.481 e. The van der Waals surface area contributed by atoms with Gasteiger partial charge in [-0.15, -0.1) is 0 Å². The first-order valence-corrected chi connectivity index (χ1v) is 10.9. The topological polar surface area (TPSA) is 121 Å². The Morgan fingerprint density at radius 3 is 1.93 bits per heavy atom. The van der Waals surface area contributed by atoms with Crippen molar-refractivity contribution in [3.8, 4) is 0 Å². The molecule has 7 nitrogen and oxygen atoms in total. The van der Waals surface area contributed by atoms with Gasteiger partial charge in [0.1, 0.15) is 0 Å². The maximum Gasteiger partial charge on any atom is 0.300 e. The van der Waals surface area contributed by atoms with Gasteiger partial charge in [-0.05, 0) is 24.7 Å². The summed E-state index contributed by atoms with van der Waals surface area (Å²) in [6.45, 7) is 16.8. The van der Waals surface area contributed by atoms with Crippen LogP contribution in [0.3, 0.4) is 0 Å². The van der Waals surface area contributed by atoms with Crippen LogP contribution < -0.4 is 0 Å². The molecule has 0 aromatic heterocycles. The van der Waals surface area contributed by atoms with E-state index in [1.54, 1.807) is 6.92 Å². The van der Waals surface area contributed by atoms with Crippen LogP contribution in [0.4, 0.5) is 0 Å². The molecule has 0 saturated heterocycles. The third kappa shape index (κ3) is 5.37. The van der Waals surface area contributed by atoms with Gasteiger partial charge in [0.2, 0.25) is 0 Å². The summed E-state index contributed by atoms with van der Waals surface area (Å²) in [7, 11) is 0. The van der Waals surface area contributed by atoms with E-state index >= 15 is 0 Å². The second kappa shape index (κ2) is 11.7. The van der Waals surface area contributed by atoms with Crippen LogP contribution in [0.1, 0.15) is 68.7 Å². The molecule has 7 heteroatoms. The van der Waals surface area contributed by atoms with Crippen molar-refractivity contribution < 1.29 is 34.4 Å². The summed E-state index contributed by atoms with van der Waals surface area (Å²) in [6.07, 6.45) is -1.87. The van der Waals surface area contributed by atoms with Crippen molar-refractivity contribution in [2.75, 3.05) is 6.61 Å². The van der Waals surface area contributed by atoms with Gasteiger partial charge in [0.15, 0.2) is 11.6 Å². The Morgan fingerprint density at radius 2 is 1.47 bits per heavy atom. The molecule has 0 amide bonds. The Balaban J connectivity index is 0.000000924. The maximum absolute atomic E-state index is 12.9. The lowest BCUT2D eigenvalue weighted by atomic mass is 9.53. The number of hydrogen-bond acceptors (Lipinski definition) is 6. The molecule has 1 aliphatic heterocycles. The number of fused-ring (bicyclic) bond motifs is 1. The van der Waals surface area contributed by atoms with E-state index in [9.17, 15) is 19.8 Å². The van der Waals surface area contributed by atoms with Crippen molar-refractivity contribution in [1.29, 1.82) is 0 Å². The molecule has 1 saturated carbocycles. The molecule has 1 fully saturated rings. The van der Waals surface area contributed by atoms with Gasteiger partial charge in [0.05, 0.1) is 36.8 Å². The molecule has 0 aromatic carbocycles. The molecule has 2 aliphatic carbocycles. The van der Waals surface area contributed by atoms with Gasteiger partial charge in [0.25, 0.3) is 5.97 Å². The van der Waals surface area contributed by atoms with E-state index < -0.39 is 41.5 Å². The van der Waals surface area contributed by atoms with Crippen LogP contribution in [0.15, 0.2) is 11.1 Å². The number of aliphatic carboxylic acids is 1. The predicted octanol–water partition coefficient (Wildman–Crippen LogP) is 3.02. The number of Topliss-reactive ketones (excluding diaryl/α,β-unsaturated/α-hetero) is 2. The van der Waals surface area contributed by atoms with Gasteiger partial charge >= 0.3 is 0 Å². The summed E-state index contributed by atoms with van der Waals surface area (Å²) in [5.41, 5.74) is 0.283. The molecule has 174 valence electrons. The Bertz CT molecular complexity index is 646. The summed E-state index contributed by atoms with van der Waals surface area (Å²) in [6, 6.07) is 0. The highest BCUT2D eigenvalue weighted by atomic mass is 16.5. The van der Waals surface area contributed by atoms with Crippen LogP contribution in [-0.4, -0.2) is 57.8 Å². The van der Waals surface area contributed by atoms with E-state index in [4.69, 9.17) is 14.6 Å². The Morgan fingerprint density at radius 1 is 1.00 bits per heavy atom. The Kier molecular flexibility index (Phi) is 11.1. The first kappa shape index (κ1) is 28.4. The monoisotopic (exact) mass is 428 g/mol. The number of carbonyl (C=O) groups excluding carboxylic acids is 2. The van der Waals surface area contributed by atoms with Gasteiger partial charge in [-0.2, -0.15) is 0 Å². The van der Waals surface area contributed by atoms with Crippen LogP contribution >= 0.6 is 0 Å². The van der Waals surface area contributed by atoms with Crippen LogP contribution in [0.5, 0.6) is 0 Å². The molecular weight excluding hydrogens is 388 g/mol. The predicted molar refractivity (Wildman–Crippen MR) is 115 cm³/mol. The van der Waals surface area contributed by atoms with E-state index in [1.807, 2.05) is 48.5 Å². The summed E-state index contributed by atoms with van der Waals surface area (Å²) >= 11 is 0. The number of carbonyl (C=O) groups is 3. The number of hydrogen-bond donors (Lipinski definition) is 3. The molecule has 6 atom stereocenters. The van der Waals surface area contributed by atoms with Crippen molar-refractivity contribution in [1.82, 2.24) is 0 Å². The first-order valence-electron chi connectivity index (χ1n) is 10.9. The zero-order valence-electron chi connectivity index (χ0n) is 19.9. The van der Waals surface area contributed by atoms with Crippen molar-refractivity contribution in [3.63, 3.8) is 0 Å². The molecule has 3 N–H and O–H groups in total. The number of carboxylic acids is 1. The Hall–Kier alpha value is -1.57. The van der Waals surface area contributed by atoms with Crippen LogP contribution in [0.25, 0.3) is 0 Å². The minimum atomic E-state index is -0.949. The average molecular weight is 429 g/mol. The lowest BCUT2D eigenvalue weighted by molar-refractivity contribution is -0.174. The van der Waals surface area contributed by atoms with Crippen LogP contribution in [0.2, 0.25) is 0 Å². The largest absolute Gasteiger partial charge is 0.481 e. The number of aliphatic hydroxyl groups excluding tert-OH is 2. The standard InChI is InChI=1S/C17H24O5.C2H4O2.2C2H6/c1-7-13(18)11-12(16(21)17(7,3)4)15(20)10-8(2)22-6-5-9(10)14(11)19;1-2(3)4;2*1-2/h7-8,11-13,16,18,21H,5-6H2,1-4H3;1H3,(H,3,4);2*1-2H3. The van der Waals surface area contributed by atoms with Crippen molar-refractivity contribution in [2.24, 2.45) is 23.2 Å². The molecule has 0 radical (unpaired) electrons. The number of ketones is 2. The van der Waals surface area contributed by atoms with E-state index in [2.05, 4.69) is 0 Å². The fourth-order valence-electron chi connectivity index (χ4n) is 4.30. The van der Waals surface area contributed by atoms with Gasteiger partial charge in [0, 0.05) is 18.1 Å². The normalized spacial score (nSPS) is 34.0. The lowest BCUT2D eigenvalue weighted by Gasteiger charge is -2.53. The van der Waals surface area contributed by atoms with Crippen molar-refractivity contribution >= 4 is 17.5 Å². The summed E-state index contributed by atoms with van der Waals surface area (Å²) in [5.74, 6) is -3.19. The number of carboxylic acid groups (broad SMARTS) is 1. The number of aliphatic hydroxyl groups is 2. The van der Waals surface area contributed by atoms with E-state index in [0.717, 1.165) is 6.92 Å². The van der Waals surface area contributed by atoms with Gasteiger partial charge in [-0.25, -0.2) is 0 Å². The molecule has 0 bridgehead atoms. The molecular formula is C23H40O7. The molecule has 6 unspecified atom stereocenters. The molecule has 30 heavy (non-hydrogen) atoms. The maximum atomic E-state index is 12.9. The average Bonchev–Trinajstić information content (AvgIpc) is 2.70. The third-order valence-corrected chi connectivity index (χ3v) is 6.16. The second-order valence-electron chi connectivity index (χ2n) is 8.00. The van der Waals surface area contributed by atoms with Crippen molar-refractivity contribution in [3.05, 3.63) is 11.1 Å². The highest BCUT2D eigenvalue weighted by molar-refractivity contribution is 6.15. The summed E-state index contributed by atoms with van der Waals surface area (Å²) < 4.78 is 5.51. The second-order valence-corrected chi connectivity index (χ2v) is 8.00. The Labute approximate surface area is 180 Å². The van der Waals surface area contributed by atoms with Crippen molar-refractivity contribution in [2.45, 2.75) is 87.0 Å². The molecule has 3 rings (SSSR count). The smallest absolute Gasteiger partial charge is 0.300 e. The van der Waals surface area contributed by atoms with Gasteiger partial charge in [-0.1, -0.05) is 48.5 Å². The molecule has 0 aromatic rings. The third-order valence-electron chi connectivity index (χ3n) is 6.16. The quantitative estimate of drug-likeness (QED) is 0.542. The number of rotatable bonds is 0. The summed E-state index contributed by atoms with van der Waals surface area (Å²) in [5, 5.41) is 28.8. The van der Waals surface area contributed by atoms with E-state index in [-0.39, 0.29) is 17.5 Å². The van der Waals surface area contributed by atoms with Crippen LogP contribution in [0, 0.1) is 23.2 Å². The molecule has 3 aliphatic rings. The molecule has 0 spiro atoms. The van der Waals surface area contributed by atoms with E-state index in [0.29, 0.717) is 24.2 Å². The number of ether oxygens (including phenoxy) is 1. The minimum absolute atomic E-state index is 0.177. The molecule has 1 heterocycles. The van der Waals surface area contributed by atoms with Gasteiger partial charge in [-0.3, -0.25) is 14.4 Å². The van der Waals surface area contributed by atoms with E-state index in [1.165, 1.54) is 0 Å². The summed E-state index contributed by atoms with van der Waals surface area (Å²) in [4.78, 5) is 34.8. The zero-order valence-corrected chi connectivity index (χ0v) is 19.9. The highest BCUT2D eigenvalue weighted by Crippen LogP contribution is 2.51. The fraction of sp³-hybridized carbons (Fsp3) is 0.783. The fourth-order valence-corrected chi connectivity index (χ4v) is 4.30.